The zero-order valence-electron chi connectivity index (χ0n) is 16.5. The van der Waals surface area contributed by atoms with Crippen LogP contribution < -0.4 is 10.1 Å². The lowest BCUT2D eigenvalue weighted by molar-refractivity contribution is 0.0752. The van der Waals surface area contributed by atoms with E-state index in [1.54, 1.807) is 25.4 Å². The molecule has 1 aromatic heterocycles. The molecule has 0 aliphatic heterocycles. The molecule has 1 N–H and O–H groups in total. The van der Waals surface area contributed by atoms with Crippen LogP contribution in [0.15, 0.2) is 66.9 Å². The second-order valence-corrected chi connectivity index (χ2v) is 6.56. The minimum atomic E-state index is -0.0204. The molecule has 0 aliphatic carbocycles. The number of nitrogens with one attached hydrogen (secondary N) is 1. The van der Waals surface area contributed by atoms with Crippen LogP contribution in [-0.2, 0) is 6.54 Å². The molecule has 5 nitrogen and oxygen atoms in total. The summed E-state index contributed by atoms with van der Waals surface area (Å²) in [5, 5.41) is 3.26. The predicted octanol–water partition coefficient (Wildman–Crippen LogP) is 4.80. The first-order valence-electron chi connectivity index (χ1n) is 9.31. The van der Waals surface area contributed by atoms with Crippen LogP contribution in [-0.4, -0.2) is 29.4 Å². The van der Waals surface area contributed by atoms with Gasteiger partial charge in [0.2, 0.25) is 0 Å². The molecule has 0 radical (unpaired) electrons. The van der Waals surface area contributed by atoms with Crippen LogP contribution in [0.5, 0.6) is 5.75 Å². The predicted molar refractivity (Wildman–Crippen MR) is 112 cm³/mol. The Morgan fingerprint density at radius 1 is 1.11 bits per heavy atom. The van der Waals surface area contributed by atoms with Crippen molar-refractivity contribution in [3.8, 4) is 5.75 Å². The van der Waals surface area contributed by atoms with E-state index < -0.39 is 0 Å². The smallest absolute Gasteiger partial charge is 0.254 e. The Morgan fingerprint density at radius 3 is 2.61 bits per heavy atom. The van der Waals surface area contributed by atoms with Gasteiger partial charge in [0.1, 0.15) is 11.6 Å². The van der Waals surface area contributed by atoms with E-state index in [0.717, 1.165) is 22.6 Å². The number of pyridine rings is 1. The van der Waals surface area contributed by atoms with Crippen LogP contribution in [0.2, 0.25) is 0 Å². The number of rotatable bonds is 7. The fourth-order valence-electron chi connectivity index (χ4n) is 3.00. The maximum Gasteiger partial charge on any atom is 0.254 e. The molecule has 0 saturated carbocycles. The summed E-state index contributed by atoms with van der Waals surface area (Å²) in [4.78, 5) is 19.2. The highest BCUT2D eigenvalue weighted by molar-refractivity contribution is 5.95. The number of anilines is 2. The molecule has 3 rings (SSSR count). The quantitative estimate of drug-likeness (QED) is 0.644. The lowest BCUT2D eigenvalue weighted by Gasteiger charge is -2.21. The van der Waals surface area contributed by atoms with Crippen molar-refractivity contribution in [3.05, 3.63) is 83.6 Å². The molecule has 0 atom stereocenters. The van der Waals surface area contributed by atoms with Gasteiger partial charge in [0.05, 0.1) is 12.8 Å². The van der Waals surface area contributed by atoms with Crippen molar-refractivity contribution < 1.29 is 9.53 Å². The van der Waals surface area contributed by atoms with Gasteiger partial charge < -0.3 is 15.0 Å². The zero-order chi connectivity index (χ0) is 19.9. The highest BCUT2D eigenvalue weighted by Gasteiger charge is 2.16. The minimum absolute atomic E-state index is 0.0204. The average Bonchev–Trinajstić information content (AvgIpc) is 2.72. The molecular formula is C23H25N3O2. The van der Waals surface area contributed by atoms with Crippen molar-refractivity contribution in [2.75, 3.05) is 19.0 Å². The van der Waals surface area contributed by atoms with Crippen LogP contribution in [0.25, 0.3) is 0 Å². The van der Waals surface area contributed by atoms with E-state index in [9.17, 15) is 4.79 Å². The van der Waals surface area contributed by atoms with Gasteiger partial charge in [-0.1, -0.05) is 36.4 Å². The molecule has 0 saturated heterocycles. The summed E-state index contributed by atoms with van der Waals surface area (Å²) in [5.41, 5.74) is 3.63. The van der Waals surface area contributed by atoms with Crippen molar-refractivity contribution >= 4 is 17.4 Å². The maximum atomic E-state index is 13.0. The van der Waals surface area contributed by atoms with Crippen LogP contribution in [0, 0.1) is 6.92 Å². The molecular weight excluding hydrogens is 350 g/mol. The molecule has 0 spiro atoms. The first-order chi connectivity index (χ1) is 13.6. The van der Waals surface area contributed by atoms with E-state index >= 15 is 0 Å². The molecule has 28 heavy (non-hydrogen) atoms. The van der Waals surface area contributed by atoms with Gasteiger partial charge in [0.25, 0.3) is 5.91 Å². The van der Waals surface area contributed by atoms with Gasteiger partial charge in [-0.25, -0.2) is 4.98 Å². The SMILES string of the molecule is CCN(Cc1ccccc1)C(=O)c1ccnc(Nc2cc(C)ccc2OC)c1. The van der Waals surface area contributed by atoms with E-state index in [1.165, 1.54) is 0 Å². The molecule has 0 aliphatic rings. The number of hydrogen-bond acceptors (Lipinski definition) is 4. The first kappa shape index (κ1) is 19.4. The Labute approximate surface area is 166 Å². The van der Waals surface area contributed by atoms with Crippen molar-refractivity contribution in [2.45, 2.75) is 20.4 Å². The lowest BCUT2D eigenvalue weighted by Crippen LogP contribution is -2.30. The first-order valence-corrected chi connectivity index (χ1v) is 9.31. The Bertz CT molecular complexity index is 942. The molecule has 144 valence electrons. The van der Waals surface area contributed by atoms with Crippen LogP contribution in [0.4, 0.5) is 11.5 Å². The molecule has 1 heterocycles. The summed E-state index contributed by atoms with van der Waals surface area (Å²) in [6, 6.07) is 19.4. The van der Waals surface area contributed by atoms with Crippen LogP contribution >= 0.6 is 0 Å². The third kappa shape index (κ3) is 4.68. The average molecular weight is 375 g/mol. The van der Waals surface area contributed by atoms with Gasteiger partial charge in [-0.3, -0.25) is 4.79 Å². The molecule has 2 aromatic carbocycles. The van der Waals surface area contributed by atoms with E-state index in [2.05, 4.69) is 10.3 Å². The maximum absolute atomic E-state index is 13.0. The summed E-state index contributed by atoms with van der Waals surface area (Å²) in [6.45, 7) is 5.21. The van der Waals surface area contributed by atoms with E-state index in [0.29, 0.717) is 24.5 Å². The second-order valence-electron chi connectivity index (χ2n) is 6.56. The monoisotopic (exact) mass is 375 g/mol. The molecule has 1 amide bonds. The summed E-state index contributed by atoms with van der Waals surface area (Å²) in [5.74, 6) is 1.31. The summed E-state index contributed by atoms with van der Waals surface area (Å²) in [7, 11) is 1.63. The molecule has 0 fully saturated rings. The highest BCUT2D eigenvalue weighted by Crippen LogP contribution is 2.28. The number of ether oxygens (including phenoxy) is 1. The number of methoxy groups -OCH3 is 1. The number of amides is 1. The van der Waals surface area contributed by atoms with Crippen molar-refractivity contribution in [3.63, 3.8) is 0 Å². The van der Waals surface area contributed by atoms with Gasteiger partial charge in [-0.15, -0.1) is 0 Å². The number of benzene rings is 2. The van der Waals surface area contributed by atoms with Crippen LogP contribution in [0.3, 0.4) is 0 Å². The van der Waals surface area contributed by atoms with Gasteiger partial charge in [0.15, 0.2) is 0 Å². The van der Waals surface area contributed by atoms with E-state index in [1.807, 2.05) is 67.3 Å². The Kier molecular flexibility index (Phi) is 6.27. The molecule has 0 bridgehead atoms. The number of aryl methyl sites for hydroxylation is 1. The van der Waals surface area contributed by atoms with E-state index in [4.69, 9.17) is 4.74 Å². The van der Waals surface area contributed by atoms with Gasteiger partial charge in [-0.05, 0) is 49.2 Å². The minimum Gasteiger partial charge on any atom is -0.495 e. The second kappa shape index (κ2) is 9.04. The molecule has 0 unspecified atom stereocenters. The summed E-state index contributed by atoms with van der Waals surface area (Å²) >= 11 is 0. The topological polar surface area (TPSA) is 54.5 Å². The fraction of sp³-hybridized carbons (Fsp3) is 0.217. The fourth-order valence-corrected chi connectivity index (χ4v) is 3.00. The standard InChI is InChI=1S/C23H25N3O2/c1-4-26(16-18-8-6-5-7-9-18)23(27)19-12-13-24-22(15-19)25-20-14-17(2)10-11-21(20)28-3/h5-15H,4,16H2,1-3H3,(H,24,25). The van der Waals surface area contributed by atoms with Gasteiger partial charge >= 0.3 is 0 Å². The molecule has 3 aromatic rings. The Hall–Kier alpha value is -3.34. The number of carbonyl (C=O) groups is 1. The number of hydrogen-bond donors (Lipinski definition) is 1. The van der Waals surface area contributed by atoms with E-state index in [-0.39, 0.29) is 5.91 Å². The largest absolute Gasteiger partial charge is 0.495 e. The van der Waals surface area contributed by atoms with Crippen molar-refractivity contribution in [2.24, 2.45) is 0 Å². The Balaban J connectivity index is 1.80. The number of aromatic nitrogens is 1. The number of nitrogens with zero attached hydrogens (tertiary/aromatic N) is 2. The van der Waals surface area contributed by atoms with Crippen molar-refractivity contribution in [1.29, 1.82) is 0 Å². The Morgan fingerprint density at radius 2 is 1.89 bits per heavy atom. The summed E-state index contributed by atoms with van der Waals surface area (Å²) in [6.07, 6.45) is 1.65. The molecule has 5 heteroatoms. The van der Waals surface area contributed by atoms with Gasteiger partial charge in [0, 0.05) is 24.8 Å². The lowest BCUT2D eigenvalue weighted by atomic mass is 10.1. The number of carbonyl (C=O) groups excluding carboxylic acids is 1. The zero-order valence-corrected chi connectivity index (χ0v) is 16.5. The summed E-state index contributed by atoms with van der Waals surface area (Å²) < 4.78 is 5.41. The van der Waals surface area contributed by atoms with Gasteiger partial charge in [-0.2, -0.15) is 0 Å². The third-order valence-electron chi connectivity index (χ3n) is 4.51. The van der Waals surface area contributed by atoms with Crippen molar-refractivity contribution in [1.82, 2.24) is 9.88 Å². The normalized spacial score (nSPS) is 10.4. The highest BCUT2D eigenvalue weighted by atomic mass is 16.5. The van der Waals surface area contributed by atoms with Crippen LogP contribution in [0.1, 0.15) is 28.4 Å². The third-order valence-corrected chi connectivity index (χ3v) is 4.51.